The number of hydrogen-bond acceptors (Lipinski definition) is 5. The van der Waals surface area contributed by atoms with Crippen LogP contribution in [0.4, 0.5) is 0 Å². The maximum atomic E-state index is 13.0. The molecule has 1 aliphatic rings. The first-order chi connectivity index (χ1) is 12.7. The molecule has 0 atom stereocenters. The van der Waals surface area contributed by atoms with E-state index >= 15 is 0 Å². The summed E-state index contributed by atoms with van der Waals surface area (Å²) >= 11 is 5.93. The predicted octanol–water partition coefficient (Wildman–Crippen LogP) is 3.91. The lowest BCUT2D eigenvalue weighted by atomic mass is 10.0. The molecule has 0 N–H and O–H groups in total. The molecule has 5 nitrogen and oxygen atoms in total. The van der Waals surface area contributed by atoms with Crippen LogP contribution in [0, 0.1) is 0 Å². The molecule has 0 aliphatic carbocycles. The number of halogens is 1. The standard InChI is InChI=1S/C20H18ClNO4/c1-24-9-8-22-10-16-18(26-12-22)7-6-15-19(23)17(11-25-20(15)16)13-2-4-14(21)5-3-13/h2-7,11H,8-10,12H2,1H3. The maximum absolute atomic E-state index is 13.0. The Morgan fingerprint density at radius 1 is 1.19 bits per heavy atom. The zero-order chi connectivity index (χ0) is 18.1. The molecule has 1 aromatic heterocycles. The van der Waals surface area contributed by atoms with Gasteiger partial charge in [-0.05, 0) is 29.8 Å². The van der Waals surface area contributed by atoms with Crippen LogP contribution in [0.2, 0.25) is 5.02 Å². The Bertz CT molecular complexity index is 997. The Kier molecular flexibility index (Phi) is 4.68. The third-order valence-corrected chi connectivity index (χ3v) is 4.80. The summed E-state index contributed by atoms with van der Waals surface area (Å²) in [6, 6.07) is 10.8. The molecule has 1 aliphatic heterocycles. The molecule has 0 bridgehead atoms. The number of hydrogen-bond donors (Lipinski definition) is 0. The summed E-state index contributed by atoms with van der Waals surface area (Å²) in [5.41, 5.74) is 2.70. The molecule has 134 valence electrons. The summed E-state index contributed by atoms with van der Waals surface area (Å²) in [6.45, 7) is 2.52. The van der Waals surface area contributed by atoms with Crippen molar-refractivity contribution in [2.75, 3.05) is 27.0 Å². The van der Waals surface area contributed by atoms with Gasteiger partial charge in [-0.3, -0.25) is 9.69 Å². The third-order valence-electron chi connectivity index (χ3n) is 4.55. The highest BCUT2D eigenvalue weighted by Gasteiger charge is 2.22. The van der Waals surface area contributed by atoms with Gasteiger partial charge < -0.3 is 13.9 Å². The van der Waals surface area contributed by atoms with E-state index in [4.69, 9.17) is 25.5 Å². The third kappa shape index (κ3) is 3.09. The van der Waals surface area contributed by atoms with Gasteiger partial charge in [-0.1, -0.05) is 23.7 Å². The maximum Gasteiger partial charge on any atom is 0.200 e. The van der Waals surface area contributed by atoms with Crippen LogP contribution in [-0.4, -0.2) is 31.9 Å². The van der Waals surface area contributed by atoms with Gasteiger partial charge in [0.2, 0.25) is 5.43 Å². The molecular formula is C20H18ClNO4. The van der Waals surface area contributed by atoms with E-state index in [1.807, 2.05) is 18.2 Å². The monoisotopic (exact) mass is 371 g/mol. The van der Waals surface area contributed by atoms with Crippen LogP contribution in [0.3, 0.4) is 0 Å². The summed E-state index contributed by atoms with van der Waals surface area (Å²) in [5, 5.41) is 1.18. The molecule has 0 fully saturated rings. The minimum atomic E-state index is -0.0645. The Hall–Kier alpha value is -2.34. The first-order valence-corrected chi connectivity index (χ1v) is 8.72. The normalized spacial score (nSPS) is 14.2. The van der Waals surface area contributed by atoms with E-state index in [2.05, 4.69) is 4.90 Å². The fraction of sp³-hybridized carbons (Fsp3) is 0.250. The fourth-order valence-electron chi connectivity index (χ4n) is 3.15. The Labute approximate surface area is 155 Å². The van der Waals surface area contributed by atoms with Gasteiger partial charge in [0.1, 0.15) is 24.3 Å². The molecule has 26 heavy (non-hydrogen) atoms. The minimum absolute atomic E-state index is 0.0645. The summed E-state index contributed by atoms with van der Waals surface area (Å²) in [4.78, 5) is 15.1. The number of nitrogens with zero attached hydrogens (tertiary/aromatic N) is 1. The second kappa shape index (κ2) is 7.11. The van der Waals surface area contributed by atoms with Crippen molar-refractivity contribution in [1.29, 1.82) is 0 Å². The van der Waals surface area contributed by atoms with Gasteiger partial charge in [-0.15, -0.1) is 0 Å². The van der Waals surface area contributed by atoms with E-state index in [9.17, 15) is 4.79 Å². The topological polar surface area (TPSA) is 51.9 Å². The lowest BCUT2D eigenvalue weighted by Gasteiger charge is -2.28. The highest BCUT2D eigenvalue weighted by molar-refractivity contribution is 6.30. The van der Waals surface area contributed by atoms with Crippen molar-refractivity contribution in [3.63, 3.8) is 0 Å². The van der Waals surface area contributed by atoms with Gasteiger partial charge in [-0.25, -0.2) is 0 Å². The summed E-state index contributed by atoms with van der Waals surface area (Å²) < 4.78 is 16.8. The average molecular weight is 372 g/mol. The molecule has 2 aromatic carbocycles. The second-order valence-electron chi connectivity index (χ2n) is 6.22. The van der Waals surface area contributed by atoms with E-state index in [1.165, 1.54) is 6.26 Å². The first kappa shape index (κ1) is 17.1. The van der Waals surface area contributed by atoms with Crippen molar-refractivity contribution in [2.45, 2.75) is 6.54 Å². The molecule has 0 saturated carbocycles. The highest BCUT2D eigenvalue weighted by atomic mass is 35.5. The van der Waals surface area contributed by atoms with Crippen LogP contribution in [0.25, 0.3) is 22.1 Å². The molecule has 0 spiro atoms. The molecular weight excluding hydrogens is 354 g/mol. The number of ether oxygens (including phenoxy) is 2. The van der Waals surface area contributed by atoms with Crippen molar-refractivity contribution in [3.8, 4) is 16.9 Å². The Morgan fingerprint density at radius 2 is 2.00 bits per heavy atom. The predicted molar refractivity (Wildman–Crippen MR) is 101 cm³/mol. The van der Waals surface area contributed by atoms with Crippen molar-refractivity contribution in [1.82, 2.24) is 4.90 Å². The zero-order valence-electron chi connectivity index (χ0n) is 14.3. The molecule has 0 saturated heterocycles. The lowest BCUT2D eigenvalue weighted by molar-refractivity contribution is 0.0658. The smallest absolute Gasteiger partial charge is 0.200 e. The minimum Gasteiger partial charge on any atom is -0.478 e. The van der Waals surface area contributed by atoms with Crippen LogP contribution in [0.15, 0.2) is 51.9 Å². The van der Waals surface area contributed by atoms with E-state index in [0.717, 1.165) is 23.4 Å². The van der Waals surface area contributed by atoms with Crippen LogP contribution in [-0.2, 0) is 11.3 Å². The van der Waals surface area contributed by atoms with Gasteiger partial charge in [0.25, 0.3) is 0 Å². The largest absolute Gasteiger partial charge is 0.478 e. The van der Waals surface area contributed by atoms with Crippen molar-refractivity contribution >= 4 is 22.6 Å². The summed E-state index contributed by atoms with van der Waals surface area (Å²) in [5.74, 6) is 0.758. The number of rotatable bonds is 4. The highest BCUT2D eigenvalue weighted by Crippen LogP contribution is 2.32. The SMILES string of the molecule is COCCN1COc2ccc3c(=O)c(-c4ccc(Cl)cc4)coc3c2C1. The Morgan fingerprint density at radius 3 is 2.77 bits per heavy atom. The molecule has 6 heteroatoms. The summed E-state index contributed by atoms with van der Waals surface area (Å²) in [6.07, 6.45) is 1.52. The number of fused-ring (bicyclic) bond motifs is 3. The van der Waals surface area contributed by atoms with Crippen LogP contribution >= 0.6 is 11.6 Å². The van der Waals surface area contributed by atoms with Gasteiger partial charge in [-0.2, -0.15) is 0 Å². The van der Waals surface area contributed by atoms with Gasteiger partial charge in [0.15, 0.2) is 0 Å². The fourth-order valence-corrected chi connectivity index (χ4v) is 3.27. The second-order valence-corrected chi connectivity index (χ2v) is 6.66. The van der Waals surface area contributed by atoms with Gasteiger partial charge >= 0.3 is 0 Å². The lowest BCUT2D eigenvalue weighted by Crippen LogP contribution is -2.34. The van der Waals surface area contributed by atoms with E-state index in [-0.39, 0.29) is 5.43 Å². The molecule has 3 aromatic rings. The van der Waals surface area contributed by atoms with Crippen LogP contribution in [0.5, 0.6) is 5.75 Å². The van der Waals surface area contributed by atoms with E-state index in [1.54, 1.807) is 25.3 Å². The average Bonchev–Trinajstić information content (AvgIpc) is 2.67. The molecule has 0 unspecified atom stereocenters. The van der Waals surface area contributed by atoms with E-state index < -0.39 is 0 Å². The zero-order valence-corrected chi connectivity index (χ0v) is 15.1. The van der Waals surface area contributed by atoms with Crippen LogP contribution < -0.4 is 10.2 Å². The number of methoxy groups -OCH3 is 1. The van der Waals surface area contributed by atoms with Crippen molar-refractivity contribution < 1.29 is 13.9 Å². The summed E-state index contributed by atoms with van der Waals surface area (Å²) in [7, 11) is 1.67. The molecule has 0 amide bonds. The van der Waals surface area contributed by atoms with Gasteiger partial charge in [0, 0.05) is 25.2 Å². The Balaban J connectivity index is 1.78. The number of benzene rings is 2. The molecule has 4 rings (SSSR count). The first-order valence-electron chi connectivity index (χ1n) is 8.35. The van der Waals surface area contributed by atoms with Crippen molar-refractivity contribution in [2.24, 2.45) is 0 Å². The van der Waals surface area contributed by atoms with Crippen molar-refractivity contribution in [3.05, 3.63) is 63.5 Å². The quantitative estimate of drug-likeness (QED) is 0.696. The van der Waals surface area contributed by atoms with Gasteiger partial charge in [0.05, 0.1) is 23.1 Å². The molecule has 2 heterocycles. The molecule has 0 radical (unpaired) electrons. The van der Waals surface area contributed by atoms with E-state index in [0.29, 0.717) is 41.4 Å². The van der Waals surface area contributed by atoms with Crippen LogP contribution in [0.1, 0.15) is 5.56 Å².